The normalized spacial score (nSPS) is 12.1. The predicted octanol–water partition coefficient (Wildman–Crippen LogP) is 10.4. The second-order valence-corrected chi connectivity index (χ2v) is 15.5. The van der Waals surface area contributed by atoms with Gasteiger partial charge in [0.05, 0.1) is 43.6 Å². The molecule has 0 aliphatic carbocycles. The van der Waals surface area contributed by atoms with Crippen LogP contribution in [0.3, 0.4) is 0 Å². The van der Waals surface area contributed by atoms with E-state index in [1.54, 1.807) is 46.3 Å². The van der Waals surface area contributed by atoms with Crippen molar-refractivity contribution in [2.75, 3.05) is 6.26 Å². The number of hydrogen-bond donors (Lipinski definition) is 0. The van der Waals surface area contributed by atoms with Crippen LogP contribution in [0.15, 0.2) is 151 Å². The molecule has 0 saturated heterocycles. The fraction of sp³-hybridized carbons (Fsp3) is 0.0909. The van der Waals surface area contributed by atoms with Gasteiger partial charge in [0.1, 0.15) is 11.2 Å². The van der Waals surface area contributed by atoms with Crippen molar-refractivity contribution < 1.29 is 13.0 Å². The molecule has 0 spiro atoms. The van der Waals surface area contributed by atoms with Gasteiger partial charge in [0.2, 0.25) is 0 Å². The van der Waals surface area contributed by atoms with E-state index in [1.807, 2.05) is 84.9 Å². The molecule has 11 heteroatoms. The third-order valence-corrected chi connectivity index (χ3v) is 11.4. The number of thiophene rings is 1. The van der Waals surface area contributed by atoms with Crippen LogP contribution in [0, 0.1) is 0 Å². The minimum Gasteiger partial charge on any atom is -0.424 e. The maximum atomic E-state index is 12.9. The summed E-state index contributed by atoms with van der Waals surface area (Å²) in [7, 11) is -1.10. The van der Waals surface area contributed by atoms with Crippen molar-refractivity contribution >= 4 is 98.0 Å². The van der Waals surface area contributed by atoms with Crippen molar-refractivity contribution in [2.45, 2.75) is 25.2 Å². The van der Waals surface area contributed by atoms with Gasteiger partial charge < -0.3 is 8.83 Å². The third kappa shape index (κ3) is 5.79. The van der Waals surface area contributed by atoms with Crippen molar-refractivity contribution in [1.29, 1.82) is 0 Å². The zero-order valence-electron chi connectivity index (χ0n) is 30.0. The molecule has 1 atom stereocenters. The summed E-state index contributed by atoms with van der Waals surface area (Å²) in [6.07, 6.45) is 2.91. The first-order chi connectivity index (χ1) is 26.8. The van der Waals surface area contributed by atoms with Crippen molar-refractivity contribution in [3.63, 3.8) is 0 Å². The van der Waals surface area contributed by atoms with Crippen molar-refractivity contribution in [2.24, 2.45) is 0 Å². The Balaban J connectivity index is 0.000000135. The van der Waals surface area contributed by atoms with Crippen molar-refractivity contribution in [1.82, 2.24) is 18.8 Å². The lowest BCUT2D eigenvalue weighted by Gasteiger charge is -2.07. The fourth-order valence-corrected chi connectivity index (χ4v) is 8.77. The summed E-state index contributed by atoms with van der Waals surface area (Å²) < 4.78 is 29.2. The smallest absolute Gasteiger partial charge is 0.310 e. The maximum absolute atomic E-state index is 12.9. The van der Waals surface area contributed by atoms with Crippen molar-refractivity contribution in [3.05, 3.63) is 148 Å². The predicted molar refractivity (Wildman–Crippen MR) is 224 cm³/mol. The molecule has 11 rings (SSSR count). The molecule has 5 aromatic heterocycles. The molecule has 6 aromatic carbocycles. The number of hydrogen-bond acceptors (Lipinski definition) is 8. The minimum absolute atomic E-state index is 0.0974. The Hall–Kier alpha value is -6.43. The lowest BCUT2D eigenvalue weighted by Crippen LogP contribution is -2.12. The Morgan fingerprint density at radius 1 is 0.600 bits per heavy atom. The molecule has 0 saturated carbocycles. The monoisotopic (exact) mass is 760 g/mol. The molecule has 9 nitrogen and oxygen atoms in total. The first kappa shape index (κ1) is 34.3. The van der Waals surface area contributed by atoms with E-state index in [1.165, 1.54) is 20.9 Å². The summed E-state index contributed by atoms with van der Waals surface area (Å²) >= 11 is 1.72. The summed E-state index contributed by atoms with van der Waals surface area (Å²) in [4.78, 5) is 35.7. The molecule has 0 aliphatic heterocycles. The summed E-state index contributed by atoms with van der Waals surface area (Å²) in [5.41, 5.74) is 5.50. The lowest BCUT2D eigenvalue weighted by atomic mass is 10.1. The molecular formula is C44H32N4O5S2. The molecule has 0 radical (unpaired) electrons. The van der Waals surface area contributed by atoms with Gasteiger partial charge in [-0.2, -0.15) is 9.97 Å². The molecular weight excluding hydrogens is 729 g/mol. The zero-order chi connectivity index (χ0) is 37.8. The molecule has 11 aromatic rings. The molecule has 5 heterocycles. The van der Waals surface area contributed by atoms with E-state index in [0.29, 0.717) is 38.8 Å². The third-order valence-electron chi connectivity index (χ3n) is 9.30. The number of rotatable bonds is 2. The Labute approximate surface area is 319 Å². The summed E-state index contributed by atoms with van der Waals surface area (Å²) in [5.74, 6) is 0.596. The molecule has 0 aliphatic rings. The van der Waals surface area contributed by atoms with Crippen LogP contribution >= 0.6 is 11.3 Å². The van der Waals surface area contributed by atoms with Gasteiger partial charge in [0.15, 0.2) is 0 Å². The number of para-hydroxylation sites is 2. The quantitative estimate of drug-likeness (QED) is 0.172. The van der Waals surface area contributed by atoms with E-state index in [2.05, 4.69) is 42.0 Å². The largest absolute Gasteiger partial charge is 0.424 e. The second-order valence-electron chi connectivity index (χ2n) is 13.1. The van der Waals surface area contributed by atoms with E-state index >= 15 is 0 Å². The van der Waals surface area contributed by atoms with E-state index in [9.17, 15) is 13.8 Å². The average Bonchev–Trinajstić information content (AvgIpc) is 3.88. The Morgan fingerprint density at radius 2 is 1.15 bits per heavy atom. The van der Waals surface area contributed by atoms with E-state index in [0.717, 1.165) is 37.1 Å². The van der Waals surface area contributed by atoms with Gasteiger partial charge in [-0.1, -0.05) is 87.0 Å². The van der Waals surface area contributed by atoms with Crippen LogP contribution in [-0.4, -0.2) is 29.2 Å². The SMILES string of the molecule is CCC.CS(=O)c1ccccc1-c1ccc2c(c1)nc1oc3ccccc3c(=O)n12.O=c1c2ccccc2oc2nc3cc4c(cc3n12)sc1ccccc14. The Morgan fingerprint density at radius 3 is 1.80 bits per heavy atom. The van der Waals surface area contributed by atoms with Crippen LogP contribution in [0.25, 0.3) is 87.0 Å². The van der Waals surface area contributed by atoms with Crippen LogP contribution in [0.2, 0.25) is 0 Å². The van der Waals surface area contributed by atoms with Crippen LogP contribution in [0.5, 0.6) is 0 Å². The second kappa shape index (κ2) is 13.8. The summed E-state index contributed by atoms with van der Waals surface area (Å²) in [5, 5.41) is 3.45. The average molecular weight is 761 g/mol. The number of nitrogens with zero attached hydrogens (tertiary/aromatic N) is 4. The van der Waals surface area contributed by atoms with Crippen LogP contribution in [0.1, 0.15) is 20.3 Å². The highest BCUT2D eigenvalue weighted by molar-refractivity contribution is 7.84. The number of fused-ring (bicyclic) bond motifs is 11. The highest BCUT2D eigenvalue weighted by atomic mass is 32.2. The summed E-state index contributed by atoms with van der Waals surface area (Å²) in [6.45, 7) is 4.25. The molecule has 55 heavy (non-hydrogen) atoms. The van der Waals surface area contributed by atoms with Gasteiger partial charge in [-0.3, -0.25) is 13.8 Å². The Bertz CT molecular complexity index is 3430. The molecule has 270 valence electrons. The van der Waals surface area contributed by atoms with Gasteiger partial charge in [0, 0.05) is 31.3 Å². The highest BCUT2D eigenvalue weighted by Crippen LogP contribution is 2.36. The molecule has 1 unspecified atom stereocenters. The number of benzene rings is 6. The minimum atomic E-state index is -1.10. The van der Waals surface area contributed by atoms with E-state index in [4.69, 9.17) is 8.83 Å². The fourth-order valence-electron chi connectivity index (χ4n) is 6.89. The maximum Gasteiger partial charge on any atom is 0.310 e. The van der Waals surface area contributed by atoms with Crippen LogP contribution in [0.4, 0.5) is 0 Å². The van der Waals surface area contributed by atoms with Gasteiger partial charge in [-0.05, 0) is 71.8 Å². The van der Waals surface area contributed by atoms with Gasteiger partial charge >= 0.3 is 11.7 Å². The molecule has 0 amide bonds. The Kier molecular flexibility index (Phi) is 8.60. The van der Waals surface area contributed by atoms with Gasteiger partial charge in [-0.25, -0.2) is 8.80 Å². The van der Waals surface area contributed by atoms with Crippen LogP contribution < -0.4 is 11.1 Å². The van der Waals surface area contributed by atoms with E-state index in [-0.39, 0.29) is 17.0 Å². The number of imidazole rings is 2. The molecule has 0 N–H and O–H groups in total. The standard InChI is InChI=1S/C21H14N2O3S.C20H10N2O2S.C3H8/c1-27(25)19-9-5-3-6-14(19)13-10-11-17-16(12-13)22-21-23(17)20(24)15-7-2-4-8-18(15)26-21;23-19-12-6-1-3-7-16(12)24-20-21-14-9-13-11-5-2-4-8-17(11)25-18(13)10-15(14)22(19)20;1-3-2/h2-12H,1H3;1-10H;3H2,1-2H3. The van der Waals surface area contributed by atoms with E-state index < -0.39 is 10.8 Å². The lowest BCUT2D eigenvalue weighted by molar-refractivity contribution is 0.616. The molecule has 0 bridgehead atoms. The first-order valence-corrected chi connectivity index (χ1v) is 20.1. The van der Waals surface area contributed by atoms with Gasteiger partial charge in [-0.15, -0.1) is 11.3 Å². The summed E-state index contributed by atoms with van der Waals surface area (Å²) in [6, 6.07) is 40.1. The molecule has 0 fully saturated rings. The van der Waals surface area contributed by atoms with Crippen molar-refractivity contribution in [3.8, 4) is 11.1 Å². The number of aromatic nitrogens is 4. The topological polar surface area (TPSA) is 112 Å². The highest BCUT2D eigenvalue weighted by Gasteiger charge is 2.17. The zero-order valence-corrected chi connectivity index (χ0v) is 31.6. The van der Waals surface area contributed by atoms with Gasteiger partial charge in [0.25, 0.3) is 11.1 Å². The van der Waals surface area contributed by atoms with Crippen LogP contribution in [-0.2, 0) is 10.8 Å². The first-order valence-electron chi connectivity index (χ1n) is 17.8.